The summed E-state index contributed by atoms with van der Waals surface area (Å²) in [5, 5.41) is 1.05. The molecular weight excluding hydrogens is 340 g/mol. The predicted octanol–water partition coefficient (Wildman–Crippen LogP) is 1.98. The number of carbonyl (C=O) groups excluding carboxylic acids is 1. The molecule has 2 aromatic rings. The van der Waals surface area contributed by atoms with Crippen LogP contribution in [0.15, 0.2) is 30.5 Å². The maximum atomic E-state index is 13.2. The van der Waals surface area contributed by atoms with E-state index < -0.39 is 9.84 Å². The average molecular weight is 362 g/mol. The van der Waals surface area contributed by atoms with E-state index in [2.05, 4.69) is 4.98 Å². The van der Waals surface area contributed by atoms with Gasteiger partial charge in [0, 0.05) is 36.5 Å². The summed E-state index contributed by atoms with van der Waals surface area (Å²) < 4.78 is 29.5. The smallest absolute Gasteiger partial charge is 0.254 e. The van der Waals surface area contributed by atoms with Crippen molar-refractivity contribution in [1.29, 1.82) is 0 Å². The average Bonchev–Trinajstić information content (AvgIpc) is 3.31. The fourth-order valence-electron chi connectivity index (χ4n) is 3.77. The second kappa shape index (κ2) is 6.46. The van der Waals surface area contributed by atoms with E-state index in [1.807, 2.05) is 30.5 Å². The third-order valence-electron chi connectivity index (χ3n) is 5.14. The lowest BCUT2D eigenvalue weighted by molar-refractivity contribution is 0.0441. The first-order valence-corrected chi connectivity index (χ1v) is 10.5. The van der Waals surface area contributed by atoms with E-state index in [0.717, 1.165) is 23.7 Å². The van der Waals surface area contributed by atoms with Crippen LogP contribution < -0.4 is 0 Å². The molecule has 0 bridgehead atoms. The number of amides is 1. The molecule has 2 saturated heterocycles. The maximum absolute atomic E-state index is 13.2. The van der Waals surface area contributed by atoms with Gasteiger partial charge in [-0.25, -0.2) is 8.42 Å². The molecule has 0 spiro atoms. The van der Waals surface area contributed by atoms with Gasteiger partial charge in [0.1, 0.15) is 0 Å². The van der Waals surface area contributed by atoms with Crippen molar-refractivity contribution in [2.24, 2.45) is 0 Å². The van der Waals surface area contributed by atoms with Crippen LogP contribution in [0.1, 0.15) is 29.6 Å². The molecule has 2 aliphatic rings. The van der Waals surface area contributed by atoms with E-state index in [1.165, 1.54) is 0 Å². The van der Waals surface area contributed by atoms with Crippen molar-refractivity contribution in [1.82, 2.24) is 9.88 Å². The zero-order valence-electron chi connectivity index (χ0n) is 14.0. The maximum Gasteiger partial charge on any atom is 0.254 e. The second-order valence-electron chi connectivity index (χ2n) is 6.93. The molecule has 3 heterocycles. The molecule has 2 aliphatic heterocycles. The third-order valence-corrected chi connectivity index (χ3v) is 6.89. The van der Waals surface area contributed by atoms with Crippen molar-refractivity contribution < 1.29 is 17.9 Å². The van der Waals surface area contributed by atoms with Gasteiger partial charge in [0.05, 0.1) is 17.6 Å². The zero-order valence-corrected chi connectivity index (χ0v) is 14.8. The van der Waals surface area contributed by atoms with Gasteiger partial charge in [-0.2, -0.15) is 0 Å². The molecule has 1 amide bonds. The minimum absolute atomic E-state index is 0.00136. The molecule has 25 heavy (non-hydrogen) atoms. The standard InChI is InChI=1S/C18H22N2O4S/c21-18(14-4-3-13-5-7-19-17(13)10-14)20(11-16-2-1-8-24-16)15-6-9-25(22,23)12-15/h3-5,7,10,15-16,19H,1-2,6,8-9,11-12H2/t15-,16-/m0/s1. The molecule has 0 unspecified atom stereocenters. The number of ether oxygens (including phenoxy) is 1. The van der Waals surface area contributed by atoms with Crippen LogP contribution in [0.3, 0.4) is 0 Å². The number of H-pyrrole nitrogens is 1. The summed E-state index contributed by atoms with van der Waals surface area (Å²) in [5.74, 6) is 0.0906. The molecule has 0 aliphatic carbocycles. The minimum Gasteiger partial charge on any atom is -0.376 e. The van der Waals surface area contributed by atoms with Crippen LogP contribution in [-0.2, 0) is 14.6 Å². The molecule has 1 aromatic heterocycles. The number of nitrogens with one attached hydrogen (secondary N) is 1. The number of hydrogen-bond donors (Lipinski definition) is 1. The van der Waals surface area contributed by atoms with Crippen molar-refractivity contribution in [3.63, 3.8) is 0 Å². The Bertz CT molecular complexity index is 883. The van der Waals surface area contributed by atoms with Crippen LogP contribution in [-0.4, -0.2) is 61.0 Å². The summed E-state index contributed by atoms with van der Waals surface area (Å²) in [6.45, 7) is 1.17. The zero-order chi connectivity index (χ0) is 17.4. The van der Waals surface area contributed by atoms with Crippen molar-refractivity contribution in [3.8, 4) is 0 Å². The summed E-state index contributed by atoms with van der Waals surface area (Å²) in [6, 6.07) is 7.25. The first kappa shape index (κ1) is 16.6. The lowest BCUT2D eigenvalue weighted by atomic mass is 10.1. The van der Waals surface area contributed by atoms with Crippen LogP contribution in [0.25, 0.3) is 10.9 Å². The summed E-state index contributed by atoms with van der Waals surface area (Å²) in [4.78, 5) is 18.0. The highest BCUT2D eigenvalue weighted by Gasteiger charge is 2.36. The molecule has 2 fully saturated rings. The lowest BCUT2D eigenvalue weighted by Gasteiger charge is -2.30. The van der Waals surface area contributed by atoms with E-state index in [9.17, 15) is 13.2 Å². The number of nitrogens with zero attached hydrogens (tertiary/aromatic N) is 1. The molecule has 1 aromatic carbocycles. The normalized spacial score (nSPS) is 25.4. The van der Waals surface area contributed by atoms with Gasteiger partial charge in [0.25, 0.3) is 5.91 Å². The van der Waals surface area contributed by atoms with Crippen molar-refractivity contribution in [2.45, 2.75) is 31.4 Å². The molecule has 134 valence electrons. The third kappa shape index (κ3) is 3.43. The highest BCUT2D eigenvalue weighted by atomic mass is 32.2. The Balaban J connectivity index is 1.62. The predicted molar refractivity (Wildman–Crippen MR) is 95.4 cm³/mol. The van der Waals surface area contributed by atoms with E-state index in [4.69, 9.17) is 4.74 Å². The molecule has 4 rings (SSSR count). The lowest BCUT2D eigenvalue weighted by Crippen LogP contribution is -2.45. The van der Waals surface area contributed by atoms with Crippen LogP contribution in [0, 0.1) is 0 Å². The largest absolute Gasteiger partial charge is 0.376 e. The number of aromatic nitrogens is 1. The molecule has 1 N–H and O–H groups in total. The summed E-state index contributed by atoms with van der Waals surface area (Å²) >= 11 is 0. The minimum atomic E-state index is -3.06. The Hall–Kier alpha value is -1.86. The summed E-state index contributed by atoms with van der Waals surface area (Å²) in [7, 11) is -3.06. The van der Waals surface area contributed by atoms with Crippen LogP contribution in [0.4, 0.5) is 0 Å². The Morgan fingerprint density at radius 2 is 2.16 bits per heavy atom. The Morgan fingerprint density at radius 1 is 1.28 bits per heavy atom. The number of hydrogen-bond acceptors (Lipinski definition) is 4. The molecular formula is C18H22N2O4S. The van der Waals surface area contributed by atoms with Gasteiger partial charge in [-0.3, -0.25) is 4.79 Å². The SMILES string of the molecule is O=C(c1ccc2cc[nH]c2c1)N(C[C@@H]1CCCO1)[C@H]1CCS(=O)(=O)C1. The quantitative estimate of drug-likeness (QED) is 0.902. The number of sulfone groups is 1. The van der Waals surface area contributed by atoms with Gasteiger partial charge < -0.3 is 14.6 Å². The molecule has 0 radical (unpaired) electrons. The van der Waals surface area contributed by atoms with Gasteiger partial charge in [0.15, 0.2) is 9.84 Å². The number of carbonyl (C=O) groups is 1. The number of benzene rings is 1. The molecule has 0 saturated carbocycles. The number of rotatable bonds is 4. The highest BCUT2D eigenvalue weighted by Crippen LogP contribution is 2.24. The Labute approximate surface area is 147 Å². The topological polar surface area (TPSA) is 79.5 Å². The van der Waals surface area contributed by atoms with E-state index in [0.29, 0.717) is 25.1 Å². The first-order valence-electron chi connectivity index (χ1n) is 8.72. The number of aromatic amines is 1. The fraction of sp³-hybridized carbons (Fsp3) is 0.500. The van der Waals surface area contributed by atoms with Crippen molar-refractivity contribution in [2.75, 3.05) is 24.7 Å². The summed E-state index contributed by atoms with van der Waals surface area (Å²) in [6.07, 6.45) is 4.25. The van der Waals surface area contributed by atoms with Crippen molar-refractivity contribution in [3.05, 3.63) is 36.0 Å². The number of fused-ring (bicyclic) bond motifs is 1. The molecule has 2 atom stereocenters. The first-order chi connectivity index (χ1) is 12.0. The van der Waals surface area contributed by atoms with Crippen LogP contribution in [0.5, 0.6) is 0 Å². The molecule has 7 heteroatoms. The van der Waals surface area contributed by atoms with E-state index in [1.54, 1.807) is 4.90 Å². The van der Waals surface area contributed by atoms with Gasteiger partial charge in [-0.05, 0) is 42.8 Å². The molecule has 6 nitrogen and oxygen atoms in total. The van der Waals surface area contributed by atoms with E-state index in [-0.39, 0.29) is 29.6 Å². The van der Waals surface area contributed by atoms with Crippen LogP contribution in [0.2, 0.25) is 0 Å². The fourth-order valence-corrected chi connectivity index (χ4v) is 5.50. The van der Waals surface area contributed by atoms with Crippen LogP contribution >= 0.6 is 0 Å². The monoisotopic (exact) mass is 362 g/mol. The van der Waals surface area contributed by atoms with Gasteiger partial charge in [0.2, 0.25) is 0 Å². The summed E-state index contributed by atoms with van der Waals surface area (Å²) in [5.41, 5.74) is 1.49. The van der Waals surface area contributed by atoms with Gasteiger partial charge in [-0.1, -0.05) is 6.07 Å². The van der Waals surface area contributed by atoms with Gasteiger partial charge in [-0.15, -0.1) is 0 Å². The van der Waals surface area contributed by atoms with Gasteiger partial charge >= 0.3 is 0 Å². The Kier molecular flexibility index (Phi) is 4.29. The highest BCUT2D eigenvalue weighted by molar-refractivity contribution is 7.91. The Morgan fingerprint density at radius 3 is 2.88 bits per heavy atom. The second-order valence-corrected chi connectivity index (χ2v) is 9.16. The van der Waals surface area contributed by atoms with Crippen molar-refractivity contribution >= 4 is 26.6 Å². The van der Waals surface area contributed by atoms with E-state index >= 15 is 0 Å².